The zero-order valence-electron chi connectivity index (χ0n) is 14.8. The molecule has 1 aliphatic rings. The molecule has 4 aromatic heterocycles. The number of H-pyrrole nitrogens is 1. The molecule has 2 N–H and O–H groups in total. The van der Waals surface area contributed by atoms with Gasteiger partial charge in [-0.15, -0.1) is 0 Å². The van der Waals surface area contributed by atoms with Gasteiger partial charge in [0.25, 0.3) is 0 Å². The number of aromatic nitrogens is 6. The molecule has 4 aromatic rings. The average molecular weight is 363 g/mol. The standard InChI is InChI=1S/C19H18FN7/c1-11-8-23-27-18(11)25-17(13-6-14(20)10-21-9-13)26-19(27)24-15-2-3-16-12(7-15)4-5-22-16/h4-6,8-10,15,22H,2-3,7H2,1H3,(H,24,25,26). The molecule has 1 aliphatic carbocycles. The van der Waals surface area contributed by atoms with Gasteiger partial charge in [-0.1, -0.05) is 0 Å². The Labute approximate surface area is 154 Å². The SMILES string of the molecule is Cc1cnn2c(NC3CCc4[nH]ccc4C3)nc(-c3cncc(F)c3)nc12. The van der Waals surface area contributed by atoms with Crippen molar-refractivity contribution in [1.82, 2.24) is 29.5 Å². The van der Waals surface area contributed by atoms with E-state index < -0.39 is 5.82 Å². The first-order chi connectivity index (χ1) is 13.2. The molecule has 4 heterocycles. The lowest BCUT2D eigenvalue weighted by Crippen LogP contribution is -2.28. The molecule has 0 aliphatic heterocycles. The summed E-state index contributed by atoms with van der Waals surface area (Å²) in [6, 6.07) is 3.76. The summed E-state index contributed by atoms with van der Waals surface area (Å²) in [5.41, 5.74) is 4.81. The molecule has 0 aromatic carbocycles. The van der Waals surface area contributed by atoms with Crippen LogP contribution in [-0.4, -0.2) is 35.6 Å². The minimum absolute atomic E-state index is 0.245. The molecule has 1 atom stereocenters. The van der Waals surface area contributed by atoms with Gasteiger partial charge in [0.1, 0.15) is 5.82 Å². The van der Waals surface area contributed by atoms with Gasteiger partial charge in [0.2, 0.25) is 5.95 Å². The van der Waals surface area contributed by atoms with E-state index in [1.807, 2.05) is 13.1 Å². The number of hydrogen-bond donors (Lipinski definition) is 2. The van der Waals surface area contributed by atoms with Gasteiger partial charge in [-0.3, -0.25) is 4.98 Å². The number of anilines is 1. The molecular formula is C19H18FN7. The minimum atomic E-state index is -0.414. The van der Waals surface area contributed by atoms with Crippen molar-refractivity contribution in [1.29, 1.82) is 0 Å². The van der Waals surface area contributed by atoms with E-state index in [-0.39, 0.29) is 6.04 Å². The number of hydrogen-bond acceptors (Lipinski definition) is 5. The molecular weight excluding hydrogens is 345 g/mol. The lowest BCUT2D eigenvalue weighted by Gasteiger charge is -2.24. The fourth-order valence-corrected chi connectivity index (χ4v) is 3.60. The van der Waals surface area contributed by atoms with Gasteiger partial charge < -0.3 is 10.3 Å². The molecule has 0 amide bonds. The van der Waals surface area contributed by atoms with Crippen LogP contribution in [0.25, 0.3) is 17.0 Å². The second-order valence-corrected chi connectivity index (χ2v) is 6.89. The summed E-state index contributed by atoms with van der Waals surface area (Å²) < 4.78 is 15.3. The Morgan fingerprint density at radius 2 is 2.19 bits per heavy atom. The van der Waals surface area contributed by atoms with Gasteiger partial charge in [-0.25, -0.2) is 9.37 Å². The summed E-state index contributed by atoms with van der Waals surface area (Å²) in [5.74, 6) is 0.623. The summed E-state index contributed by atoms with van der Waals surface area (Å²) in [7, 11) is 0. The second-order valence-electron chi connectivity index (χ2n) is 6.89. The summed E-state index contributed by atoms with van der Waals surface area (Å²) >= 11 is 0. The summed E-state index contributed by atoms with van der Waals surface area (Å²) in [5, 5.41) is 7.92. The predicted molar refractivity (Wildman–Crippen MR) is 98.9 cm³/mol. The smallest absolute Gasteiger partial charge is 0.228 e. The molecule has 0 radical (unpaired) electrons. The largest absolute Gasteiger partial charge is 0.365 e. The third kappa shape index (κ3) is 2.83. The average Bonchev–Trinajstić information content (AvgIpc) is 3.28. The zero-order chi connectivity index (χ0) is 18.4. The molecule has 5 rings (SSSR count). The van der Waals surface area contributed by atoms with Crippen LogP contribution >= 0.6 is 0 Å². The monoisotopic (exact) mass is 363 g/mol. The van der Waals surface area contributed by atoms with Gasteiger partial charge >= 0.3 is 0 Å². The third-order valence-electron chi connectivity index (χ3n) is 4.98. The van der Waals surface area contributed by atoms with Crippen molar-refractivity contribution in [3.63, 3.8) is 0 Å². The van der Waals surface area contributed by atoms with Crippen LogP contribution in [0.1, 0.15) is 23.2 Å². The van der Waals surface area contributed by atoms with Gasteiger partial charge in [0, 0.05) is 35.3 Å². The number of fused-ring (bicyclic) bond motifs is 2. The molecule has 0 saturated carbocycles. The quantitative estimate of drug-likeness (QED) is 0.585. The van der Waals surface area contributed by atoms with E-state index in [0.717, 1.165) is 24.8 Å². The van der Waals surface area contributed by atoms with Crippen molar-refractivity contribution in [3.05, 3.63) is 59.6 Å². The Balaban J connectivity index is 1.55. The number of aromatic amines is 1. The van der Waals surface area contributed by atoms with E-state index in [1.165, 1.54) is 23.5 Å². The number of nitrogens with zero attached hydrogens (tertiary/aromatic N) is 5. The number of rotatable bonds is 3. The molecule has 7 nitrogen and oxygen atoms in total. The normalized spacial score (nSPS) is 16.4. The van der Waals surface area contributed by atoms with Crippen molar-refractivity contribution in [2.45, 2.75) is 32.2 Å². The molecule has 0 spiro atoms. The highest BCUT2D eigenvalue weighted by molar-refractivity contribution is 5.61. The first kappa shape index (κ1) is 15.9. The van der Waals surface area contributed by atoms with Gasteiger partial charge in [0.05, 0.1) is 12.4 Å². The van der Waals surface area contributed by atoms with E-state index >= 15 is 0 Å². The van der Waals surface area contributed by atoms with Crippen LogP contribution in [-0.2, 0) is 12.8 Å². The third-order valence-corrected chi connectivity index (χ3v) is 4.98. The first-order valence-corrected chi connectivity index (χ1v) is 8.92. The van der Waals surface area contributed by atoms with Crippen molar-refractivity contribution in [2.24, 2.45) is 0 Å². The van der Waals surface area contributed by atoms with E-state index in [4.69, 9.17) is 0 Å². The highest BCUT2D eigenvalue weighted by Crippen LogP contribution is 2.24. The lowest BCUT2D eigenvalue weighted by molar-refractivity contribution is 0.597. The molecule has 136 valence electrons. The van der Waals surface area contributed by atoms with Crippen LogP contribution in [0.15, 0.2) is 36.9 Å². The van der Waals surface area contributed by atoms with Crippen LogP contribution < -0.4 is 5.32 Å². The first-order valence-electron chi connectivity index (χ1n) is 8.92. The van der Waals surface area contributed by atoms with Crippen LogP contribution in [0, 0.1) is 12.7 Å². The zero-order valence-corrected chi connectivity index (χ0v) is 14.8. The molecule has 1 unspecified atom stereocenters. The van der Waals surface area contributed by atoms with Gasteiger partial charge in [-0.05, 0) is 43.9 Å². The number of pyridine rings is 1. The number of aryl methyl sites for hydroxylation is 2. The van der Waals surface area contributed by atoms with E-state index in [9.17, 15) is 4.39 Å². The van der Waals surface area contributed by atoms with Crippen molar-refractivity contribution in [3.8, 4) is 11.4 Å². The summed E-state index contributed by atoms with van der Waals surface area (Å²) in [4.78, 5) is 16.4. The van der Waals surface area contributed by atoms with E-state index in [1.54, 1.807) is 16.9 Å². The minimum Gasteiger partial charge on any atom is -0.365 e. The maximum Gasteiger partial charge on any atom is 0.228 e. The number of nitrogens with one attached hydrogen (secondary N) is 2. The Morgan fingerprint density at radius 3 is 3.07 bits per heavy atom. The molecule has 8 heteroatoms. The highest BCUT2D eigenvalue weighted by Gasteiger charge is 2.22. The fraction of sp³-hybridized carbons (Fsp3) is 0.263. The topological polar surface area (TPSA) is 83.8 Å². The van der Waals surface area contributed by atoms with Crippen LogP contribution in [0.4, 0.5) is 10.3 Å². The lowest BCUT2D eigenvalue weighted by atomic mass is 9.93. The van der Waals surface area contributed by atoms with Crippen molar-refractivity contribution >= 4 is 11.6 Å². The van der Waals surface area contributed by atoms with Gasteiger partial charge in [0.15, 0.2) is 11.5 Å². The Hall–Kier alpha value is -3.29. The number of halogens is 1. The highest BCUT2D eigenvalue weighted by atomic mass is 19.1. The summed E-state index contributed by atoms with van der Waals surface area (Å²) in [6.45, 7) is 1.94. The Morgan fingerprint density at radius 1 is 1.26 bits per heavy atom. The van der Waals surface area contributed by atoms with E-state index in [0.29, 0.717) is 23.0 Å². The van der Waals surface area contributed by atoms with Gasteiger partial charge in [-0.2, -0.15) is 14.6 Å². The Kier molecular flexibility index (Phi) is 3.63. The van der Waals surface area contributed by atoms with Crippen LogP contribution in [0.2, 0.25) is 0 Å². The Bertz CT molecular complexity index is 1130. The van der Waals surface area contributed by atoms with Crippen molar-refractivity contribution in [2.75, 3.05) is 5.32 Å². The molecule has 0 bridgehead atoms. The van der Waals surface area contributed by atoms with Crippen molar-refractivity contribution < 1.29 is 4.39 Å². The molecule has 0 fully saturated rings. The predicted octanol–water partition coefficient (Wildman–Crippen LogP) is 2.93. The molecule has 27 heavy (non-hydrogen) atoms. The van der Waals surface area contributed by atoms with Crippen LogP contribution in [0.5, 0.6) is 0 Å². The maximum atomic E-state index is 13.6. The maximum absolute atomic E-state index is 13.6. The van der Waals surface area contributed by atoms with Crippen LogP contribution in [0.3, 0.4) is 0 Å². The fourth-order valence-electron chi connectivity index (χ4n) is 3.60. The second kappa shape index (κ2) is 6.15. The van der Waals surface area contributed by atoms with E-state index in [2.05, 4.69) is 36.4 Å². The summed E-state index contributed by atoms with van der Waals surface area (Å²) in [6.07, 6.45) is 9.39. The molecule has 0 saturated heterocycles.